The normalized spacial score (nSPS) is 16.5. The van der Waals surface area contributed by atoms with Gasteiger partial charge in [0.25, 0.3) is 0 Å². The van der Waals surface area contributed by atoms with Crippen molar-refractivity contribution >= 4 is 19.6 Å². The first-order valence-corrected chi connectivity index (χ1v) is 11.4. The Morgan fingerprint density at radius 2 is 1.70 bits per heavy atom. The first-order valence-electron chi connectivity index (χ1n) is 9.85. The Morgan fingerprint density at radius 1 is 1.13 bits per heavy atom. The van der Waals surface area contributed by atoms with E-state index in [9.17, 15) is 14.2 Å². The summed E-state index contributed by atoms with van der Waals surface area (Å²) in [5, 5.41) is 2.56. The molecule has 0 aliphatic carbocycles. The zero-order chi connectivity index (χ0) is 23.6. The minimum Gasteiger partial charge on any atom is -0.357 e. The van der Waals surface area contributed by atoms with Gasteiger partial charge in [-0.3, -0.25) is 19.0 Å². The number of ether oxygens (including phenoxy) is 1. The first kappa shape index (κ1) is 28.7. The molecule has 0 saturated carbocycles. The quantitative estimate of drug-likeness (QED) is 0.216. The van der Waals surface area contributed by atoms with Gasteiger partial charge in [-0.1, -0.05) is 32.9 Å². The van der Waals surface area contributed by atoms with Gasteiger partial charge in [0, 0.05) is 14.1 Å². The monoisotopic (exact) mass is 451 g/mol. The van der Waals surface area contributed by atoms with Crippen molar-refractivity contribution in [3.63, 3.8) is 0 Å². The van der Waals surface area contributed by atoms with E-state index in [1.165, 1.54) is 19.0 Å². The van der Waals surface area contributed by atoms with Crippen LogP contribution in [0, 0.1) is 11.8 Å². The van der Waals surface area contributed by atoms with Crippen molar-refractivity contribution in [3.8, 4) is 0 Å². The van der Waals surface area contributed by atoms with Gasteiger partial charge in [-0.25, -0.2) is 4.57 Å². The van der Waals surface area contributed by atoms with Gasteiger partial charge in [0.05, 0.1) is 12.1 Å². The van der Waals surface area contributed by atoms with Crippen molar-refractivity contribution in [1.29, 1.82) is 0 Å². The van der Waals surface area contributed by atoms with E-state index in [1.807, 2.05) is 39.8 Å². The summed E-state index contributed by atoms with van der Waals surface area (Å²) in [5.74, 6) is -0.957. The standard InChI is InChI=1S/C19H38N3O7P/c1-9-10-11-14(4)17(28-12-29-30(25,26)27)16(18(23)20-5)22(8)19(24)15(13(2)3)21(6)7/h9-10,13-17H,11-12H2,1-8H3,(H,20,23)(H2,25,26,27)/b10-9+. The molecule has 3 N–H and O–H groups in total. The number of phosphoric acid groups is 1. The highest BCUT2D eigenvalue weighted by Gasteiger charge is 2.40. The topological polar surface area (TPSA) is 129 Å². The van der Waals surface area contributed by atoms with E-state index in [1.54, 1.807) is 19.0 Å². The Morgan fingerprint density at radius 3 is 2.10 bits per heavy atom. The average molecular weight is 452 g/mol. The fourth-order valence-electron chi connectivity index (χ4n) is 3.37. The number of phosphoric ester groups is 1. The zero-order valence-electron chi connectivity index (χ0n) is 19.2. The van der Waals surface area contributed by atoms with E-state index >= 15 is 0 Å². The highest BCUT2D eigenvalue weighted by Crippen LogP contribution is 2.36. The molecule has 10 nitrogen and oxygen atoms in total. The number of hydrogen-bond donors (Lipinski definition) is 3. The van der Waals surface area contributed by atoms with Gasteiger partial charge in [-0.2, -0.15) is 0 Å². The molecule has 0 aromatic rings. The van der Waals surface area contributed by atoms with E-state index in [-0.39, 0.29) is 17.7 Å². The van der Waals surface area contributed by atoms with Gasteiger partial charge >= 0.3 is 7.82 Å². The second-order valence-electron chi connectivity index (χ2n) is 7.81. The van der Waals surface area contributed by atoms with Crippen LogP contribution in [0.2, 0.25) is 0 Å². The Hall–Kier alpha value is -1.29. The lowest BCUT2D eigenvalue weighted by molar-refractivity contribution is -0.155. The van der Waals surface area contributed by atoms with Crippen molar-refractivity contribution < 1.29 is 33.2 Å². The van der Waals surface area contributed by atoms with E-state index in [2.05, 4.69) is 9.84 Å². The van der Waals surface area contributed by atoms with Crippen molar-refractivity contribution in [2.45, 2.75) is 52.3 Å². The van der Waals surface area contributed by atoms with Crippen LogP contribution in [0.1, 0.15) is 34.1 Å². The van der Waals surface area contributed by atoms with Crippen LogP contribution in [0.5, 0.6) is 0 Å². The van der Waals surface area contributed by atoms with E-state index < -0.39 is 38.7 Å². The Kier molecular flexibility index (Phi) is 12.6. The summed E-state index contributed by atoms with van der Waals surface area (Å²) in [6.07, 6.45) is 3.42. The Labute approximate surface area is 179 Å². The summed E-state index contributed by atoms with van der Waals surface area (Å²) < 4.78 is 21.1. The molecule has 0 saturated heterocycles. The van der Waals surface area contributed by atoms with Crippen LogP contribution < -0.4 is 5.32 Å². The zero-order valence-corrected chi connectivity index (χ0v) is 20.1. The third-order valence-corrected chi connectivity index (χ3v) is 5.26. The lowest BCUT2D eigenvalue weighted by atomic mass is 9.91. The lowest BCUT2D eigenvalue weighted by Gasteiger charge is -2.39. The molecule has 4 unspecified atom stereocenters. The number of carbonyl (C=O) groups excluding carboxylic acids is 2. The maximum absolute atomic E-state index is 13.2. The molecule has 0 heterocycles. The van der Waals surface area contributed by atoms with Crippen LogP contribution in [0.25, 0.3) is 0 Å². The van der Waals surface area contributed by atoms with Crippen LogP contribution in [0.15, 0.2) is 12.2 Å². The molecule has 0 aliphatic heterocycles. The molecule has 0 aromatic carbocycles. The smallest absolute Gasteiger partial charge is 0.357 e. The Balaban J connectivity index is 5.97. The third-order valence-electron chi connectivity index (χ3n) is 4.82. The minimum atomic E-state index is -4.75. The highest BCUT2D eigenvalue weighted by molar-refractivity contribution is 7.46. The number of rotatable bonds is 13. The molecule has 11 heteroatoms. The third kappa shape index (κ3) is 9.24. The number of hydrogen-bond acceptors (Lipinski definition) is 6. The molecular weight excluding hydrogens is 413 g/mol. The van der Waals surface area contributed by atoms with Crippen molar-refractivity contribution in [1.82, 2.24) is 15.1 Å². The second-order valence-corrected chi connectivity index (χ2v) is 9.05. The first-order chi connectivity index (χ1) is 13.8. The predicted octanol–water partition coefficient (Wildman–Crippen LogP) is 1.20. The number of likely N-dealkylation sites (N-methyl/N-ethyl adjacent to an activating group) is 3. The van der Waals surface area contributed by atoms with Crippen LogP contribution in [0.3, 0.4) is 0 Å². The van der Waals surface area contributed by atoms with E-state index in [0.29, 0.717) is 6.42 Å². The van der Waals surface area contributed by atoms with Gasteiger partial charge in [0.15, 0.2) is 6.79 Å². The maximum Gasteiger partial charge on any atom is 0.471 e. The molecule has 0 rings (SSSR count). The molecule has 176 valence electrons. The van der Waals surface area contributed by atoms with Crippen molar-refractivity contribution in [3.05, 3.63) is 12.2 Å². The van der Waals surface area contributed by atoms with E-state index in [4.69, 9.17) is 14.5 Å². The van der Waals surface area contributed by atoms with Gasteiger partial charge in [-0.15, -0.1) is 0 Å². The average Bonchev–Trinajstić information content (AvgIpc) is 2.62. The lowest BCUT2D eigenvalue weighted by Crippen LogP contribution is -2.59. The molecule has 4 atom stereocenters. The van der Waals surface area contributed by atoms with Crippen LogP contribution in [-0.2, 0) is 23.4 Å². The summed E-state index contributed by atoms with van der Waals surface area (Å²) >= 11 is 0. The fourth-order valence-corrected chi connectivity index (χ4v) is 3.57. The number of amides is 2. The van der Waals surface area contributed by atoms with Crippen molar-refractivity contribution in [2.24, 2.45) is 11.8 Å². The van der Waals surface area contributed by atoms with Crippen LogP contribution >= 0.6 is 7.82 Å². The molecule has 0 fully saturated rings. The molecule has 30 heavy (non-hydrogen) atoms. The van der Waals surface area contributed by atoms with E-state index in [0.717, 1.165) is 0 Å². The molecule has 0 bridgehead atoms. The summed E-state index contributed by atoms with van der Waals surface area (Å²) in [5.41, 5.74) is 0. The summed E-state index contributed by atoms with van der Waals surface area (Å²) in [6.45, 7) is 6.81. The number of carbonyl (C=O) groups is 2. The molecule has 2 amide bonds. The molecular formula is C19H38N3O7P. The molecule has 0 aliphatic rings. The molecule has 0 radical (unpaired) electrons. The number of nitrogens with zero attached hydrogens (tertiary/aromatic N) is 2. The predicted molar refractivity (Wildman–Crippen MR) is 114 cm³/mol. The van der Waals surface area contributed by atoms with Crippen LogP contribution in [-0.4, -0.2) is 84.6 Å². The van der Waals surface area contributed by atoms with Gasteiger partial charge in [0.2, 0.25) is 11.8 Å². The van der Waals surface area contributed by atoms with Gasteiger partial charge in [0.1, 0.15) is 6.04 Å². The molecule has 0 aromatic heterocycles. The van der Waals surface area contributed by atoms with Crippen molar-refractivity contribution in [2.75, 3.05) is 35.0 Å². The van der Waals surface area contributed by atoms with Gasteiger partial charge in [-0.05, 0) is 39.3 Å². The van der Waals surface area contributed by atoms with Crippen LogP contribution in [0.4, 0.5) is 0 Å². The summed E-state index contributed by atoms with van der Waals surface area (Å²) in [4.78, 5) is 47.1. The molecule has 0 spiro atoms. The minimum absolute atomic E-state index is 0.00176. The highest BCUT2D eigenvalue weighted by atomic mass is 31.2. The SMILES string of the molecule is C/C=C/CC(C)C(OCOP(=O)(O)O)C(C(=O)NC)N(C)C(=O)C(C(C)C)N(C)C. The number of nitrogens with one attached hydrogen (secondary N) is 1. The Bertz CT molecular complexity index is 613. The van der Waals surface area contributed by atoms with Gasteiger partial charge < -0.3 is 24.7 Å². The second kappa shape index (κ2) is 13.2. The summed E-state index contributed by atoms with van der Waals surface area (Å²) in [6, 6.07) is -1.48. The summed E-state index contributed by atoms with van der Waals surface area (Å²) in [7, 11) is 1.83. The fraction of sp³-hybridized carbons (Fsp3) is 0.789. The largest absolute Gasteiger partial charge is 0.471 e. The number of allylic oxidation sites excluding steroid dienone is 2. The maximum atomic E-state index is 13.2.